The molecular weight excluding hydrogens is 257 g/mol. The Morgan fingerprint density at radius 3 is 2.37 bits per heavy atom. The Bertz CT molecular complexity index is 295. The molecule has 0 bridgehead atoms. The first kappa shape index (κ1) is 16.3. The molecule has 1 rings (SSSR count). The van der Waals surface area contributed by atoms with Gasteiger partial charge in [-0.25, -0.2) is 0 Å². The van der Waals surface area contributed by atoms with E-state index in [1.807, 2.05) is 6.92 Å². The van der Waals surface area contributed by atoms with Crippen LogP contribution < -0.4 is 5.73 Å². The lowest BCUT2D eigenvalue weighted by Crippen LogP contribution is -2.46. The van der Waals surface area contributed by atoms with E-state index in [9.17, 15) is 18.0 Å². The maximum absolute atomic E-state index is 12.5. The summed E-state index contributed by atoms with van der Waals surface area (Å²) in [7, 11) is 0. The van der Waals surface area contributed by atoms with Gasteiger partial charge in [0.25, 0.3) is 0 Å². The Morgan fingerprint density at radius 1 is 1.37 bits per heavy atom. The molecule has 0 aromatic carbocycles. The number of amides is 1. The minimum atomic E-state index is -4.33. The normalized spacial score (nSPS) is 17.9. The number of unbranched alkanes of at least 4 members (excludes halogenated alkanes) is 1. The van der Waals surface area contributed by atoms with Gasteiger partial charge in [-0.3, -0.25) is 4.79 Å². The van der Waals surface area contributed by atoms with Gasteiger partial charge in [-0.05, 0) is 31.2 Å². The summed E-state index contributed by atoms with van der Waals surface area (Å²) in [6.45, 7) is 1.30. The first-order chi connectivity index (χ1) is 8.82. The lowest BCUT2D eigenvalue weighted by Gasteiger charge is -2.41. The predicted octanol–water partition coefficient (Wildman–Crippen LogP) is 2.70. The van der Waals surface area contributed by atoms with Crippen molar-refractivity contribution >= 4 is 5.91 Å². The number of nitrogens with zero attached hydrogens (tertiary/aromatic N) is 1. The Kier molecular flexibility index (Phi) is 5.64. The van der Waals surface area contributed by atoms with Crippen LogP contribution in [0.5, 0.6) is 0 Å². The van der Waals surface area contributed by atoms with Gasteiger partial charge in [-0.15, -0.1) is 0 Å². The minimum absolute atomic E-state index is 0.156. The number of hydrogen-bond acceptors (Lipinski definition) is 2. The number of hydrogen-bond donors (Lipinski definition) is 1. The van der Waals surface area contributed by atoms with Crippen molar-refractivity contribution in [2.75, 3.05) is 19.6 Å². The second kappa shape index (κ2) is 6.59. The fourth-order valence-electron chi connectivity index (χ4n) is 2.42. The van der Waals surface area contributed by atoms with E-state index in [1.165, 1.54) is 0 Å². The molecule has 2 N–H and O–H groups in total. The molecule has 112 valence electrons. The fraction of sp³-hybridized carbons (Fsp3) is 0.923. The van der Waals surface area contributed by atoms with Crippen molar-refractivity contribution in [1.29, 1.82) is 0 Å². The molecule has 0 atom stereocenters. The number of nitrogens with two attached hydrogens (primary N) is 1. The van der Waals surface area contributed by atoms with E-state index in [0.29, 0.717) is 13.0 Å². The summed E-state index contributed by atoms with van der Waals surface area (Å²) in [5.74, 6) is -0.407. The van der Waals surface area contributed by atoms with Gasteiger partial charge in [0.2, 0.25) is 5.91 Å². The van der Waals surface area contributed by atoms with Crippen molar-refractivity contribution in [3.8, 4) is 0 Å². The molecule has 1 aliphatic rings. The van der Waals surface area contributed by atoms with Crippen LogP contribution in [0.15, 0.2) is 0 Å². The van der Waals surface area contributed by atoms with Gasteiger partial charge in [0, 0.05) is 13.0 Å². The van der Waals surface area contributed by atoms with Crippen LogP contribution in [-0.4, -0.2) is 36.6 Å². The van der Waals surface area contributed by atoms with Crippen molar-refractivity contribution in [3.63, 3.8) is 0 Å². The predicted molar refractivity (Wildman–Crippen MR) is 67.5 cm³/mol. The van der Waals surface area contributed by atoms with Crippen LogP contribution in [0.2, 0.25) is 0 Å². The Labute approximate surface area is 112 Å². The Balaban J connectivity index is 2.60. The van der Waals surface area contributed by atoms with Crippen LogP contribution in [0.25, 0.3) is 0 Å². The van der Waals surface area contributed by atoms with Gasteiger partial charge in [-0.1, -0.05) is 19.8 Å². The second-order valence-corrected chi connectivity index (χ2v) is 5.52. The quantitative estimate of drug-likeness (QED) is 0.779. The summed E-state index contributed by atoms with van der Waals surface area (Å²) in [6.07, 6.45) is -0.103. The van der Waals surface area contributed by atoms with Gasteiger partial charge in [0.1, 0.15) is 6.54 Å². The molecule has 1 saturated carbocycles. The summed E-state index contributed by atoms with van der Waals surface area (Å²) in [5.41, 5.74) is 5.41. The van der Waals surface area contributed by atoms with Crippen molar-refractivity contribution < 1.29 is 18.0 Å². The van der Waals surface area contributed by atoms with Crippen LogP contribution in [0.1, 0.15) is 45.4 Å². The summed E-state index contributed by atoms with van der Waals surface area (Å²) in [5, 5.41) is 0. The first-order valence-corrected chi connectivity index (χ1v) is 6.86. The third-order valence-electron chi connectivity index (χ3n) is 3.88. The number of carbonyl (C=O) groups is 1. The Hall–Kier alpha value is -0.780. The molecule has 0 spiro atoms. The van der Waals surface area contributed by atoms with Gasteiger partial charge in [0.15, 0.2) is 0 Å². The van der Waals surface area contributed by atoms with E-state index >= 15 is 0 Å². The van der Waals surface area contributed by atoms with Gasteiger partial charge < -0.3 is 10.6 Å². The molecular formula is C13H23F3N2O. The third kappa shape index (κ3) is 5.01. The molecule has 1 amide bonds. The van der Waals surface area contributed by atoms with Gasteiger partial charge in [0.05, 0.1) is 0 Å². The highest BCUT2D eigenvalue weighted by molar-refractivity contribution is 5.77. The van der Waals surface area contributed by atoms with Crippen LogP contribution in [0, 0.1) is 5.41 Å². The lowest BCUT2D eigenvalue weighted by molar-refractivity contribution is -0.163. The van der Waals surface area contributed by atoms with E-state index < -0.39 is 18.6 Å². The second-order valence-electron chi connectivity index (χ2n) is 5.52. The number of halogens is 3. The van der Waals surface area contributed by atoms with Gasteiger partial charge in [-0.2, -0.15) is 13.2 Å². The van der Waals surface area contributed by atoms with E-state index in [2.05, 4.69) is 0 Å². The maximum atomic E-state index is 12.5. The molecule has 0 aliphatic heterocycles. The summed E-state index contributed by atoms with van der Waals surface area (Å²) >= 11 is 0. The molecule has 0 saturated heterocycles. The van der Waals surface area contributed by atoms with E-state index in [0.717, 1.165) is 30.6 Å². The van der Waals surface area contributed by atoms with Crippen LogP contribution in [0.3, 0.4) is 0 Å². The van der Waals surface area contributed by atoms with E-state index in [-0.39, 0.29) is 18.4 Å². The highest BCUT2D eigenvalue weighted by atomic mass is 19.4. The molecule has 0 unspecified atom stereocenters. The van der Waals surface area contributed by atoms with E-state index in [1.54, 1.807) is 0 Å². The molecule has 6 heteroatoms. The Morgan fingerprint density at radius 2 is 2.00 bits per heavy atom. The standard InChI is InChI=1S/C13H23F3N2O/c1-2-3-7-18(10-13(14,15)16)11(19)8-12(9-17)5-4-6-12/h2-10,17H2,1H3. The molecule has 0 aromatic rings. The summed E-state index contributed by atoms with van der Waals surface area (Å²) in [6, 6.07) is 0. The van der Waals surface area contributed by atoms with Crippen LogP contribution in [0.4, 0.5) is 13.2 Å². The average molecular weight is 280 g/mol. The smallest absolute Gasteiger partial charge is 0.334 e. The molecule has 1 fully saturated rings. The first-order valence-electron chi connectivity index (χ1n) is 6.86. The SMILES string of the molecule is CCCCN(CC(F)(F)F)C(=O)CC1(CN)CCC1. The third-order valence-corrected chi connectivity index (χ3v) is 3.88. The zero-order valence-electron chi connectivity index (χ0n) is 11.4. The summed E-state index contributed by atoms with van der Waals surface area (Å²) < 4.78 is 37.5. The van der Waals surface area contributed by atoms with Crippen LogP contribution in [-0.2, 0) is 4.79 Å². The molecule has 3 nitrogen and oxygen atoms in total. The highest BCUT2D eigenvalue weighted by Gasteiger charge is 2.40. The maximum Gasteiger partial charge on any atom is 0.406 e. The molecule has 0 radical (unpaired) electrons. The van der Waals surface area contributed by atoms with Crippen molar-refractivity contribution in [1.82, 2.24) is 4.90 Å². The van der Waals surface area contributed by atoms with Crippen molar-refractivity contribution in [3.05, 3.63) is 0 Å². The highest BCUT2D eigenvalue weighted by Crippen LogP contribution is 2.43. The molecule has 0 aromatic heterocycles. The lowest BCUT2D eigenvalue weighted by atomic mass is 9.66. The van der Waals surface area contributed by atoms with Crippen molar-refractivity contribution in [2.24, 2.45) is 11.1 Å². The monoisotopic (exact) mass is 280 g/mol. The largest absolute Gasteiger partial charge is 0.406 e. The molecule has 1 aliphatic carbocycles. The average Bonchev–Trinajstić information content (AvgIpc) is 2.27. The zero-order chi connectivity index (χ0) is 14.5. The van der Waals surface area contributed by atoms with Crippen molar-refractivity contribution in [2.45, 2.75) is 51.6 Å². The number of rotatable bonds is 7. The van der Waals surface area contributed by atoms with Crippen LogP contribution >= 0.6 is 0 Å². The zero-order valence-corrected chi connectivity index (χ0v) is 11.4. The topological polar surface area (TPSA) is 46.3 Å². The minimum Gasteiger partial charge on any atom is -0.334 e. The molecule has 19 heavy (non-hydrogen) atoms. The van der Waals surface area contributed by atoms with Gasteiger partial charge >= 0.3 is 6.18 Å². The fourth-order valence-corrected chi connectivity index (χ4v) is 2.42. The number of carbonyl (C=O) groups excluding carboxylic acids is 1. The van der Waals surface area contributed by atoms with E-state index in [4.69, 9.17) is 5.73 Å². The number of alkyl halides is 3. The summed E-state index contributed by atoms with van der Waals surface area (Å²) in [4.78, 5) is 13.0. The molecule has 0 heterocycles.